The fourth-order valence-electron chi connectivity index (χ4n) is 1.13. The molecule has 2 N–H and O–H groups in total. The second kappa shape index (κ2) is 3.40. The summed E-state index contributed by atoms with van der Waals surface area (Å²) in [6.07, 6.45) is 0. The Kier molecular flexibility index (Phi) is 2.25. The van der Waals surface area contributed by atoms with Gasteiger partial charge in [-0.05, 0) is 23.6 Å². The highest BCUT2D eigenvalue weighted by Crippen LogP contribution is 2.31. The van der Waals surface area contributed by atoms with Crippen molar-refractivity contribution in [3.05, 3.63) is 40.7 Å². The number of hydrogen-bond acceptors (Lipinski definition) is 2. The predicted octanol–water partition coefficient (Wildman–Crippen LogP) is 3.45. The average molecular weight is 209 g/mol. The van der Waals surface area contributed by atoms with Crippen molar-refractivity contribution in [1.29, 1.82) is 0 Å². The van der Waals surface area contributed by atoms with Gasteiger partial charge in [-0.3, -0.25) is 0 Å². The van der Waals surface area contributed by atoms with E-state index in [2.05, 4.69) is 6.07 Å². The minimum absolute atomic E-state index is 0.554. The molecule has 2 aromatic rings. The smallest absolute Gasteiger partial charge is 0.0505 e. The van der Waals surface area contributed by atoms with E-state index < -0.39 is 0 Å². The minimum Gasteiger partial charge on any atom is -0.398 e. The van der Waals surface area contributed by atoms with Crippen molar-refractivity contribution >= 4 is 28.6 Å². The number of anilines is 1. The van der Waals surface area contributed by atoms with Crippen molar-refractivity contribution in [2.75, 3.05) is 5.73 Å². The van der Waals surface area contributed by atoms with E-state index >= 15 is 0 Å². The van der Waals surface area contributed by atoms with E-state index in [0.29, 0.717) is 10.7 Å². The largest absolute Gasteiger partial charge is 0.398 e. The highest BCUT2D eigenvalue weighted by atomic mass is 35.5. The summed E-state index contributed by atoms with van der Waals surface area (Å²) in [4.78, 5) is 1.14. The zero-order chi connectivity index (χ0) is 9.26. The van der Waals surface area contributed by atoms with Crippen molar-refractivity contribution in [3.63, 3.8) is 0 Å². The Morgan fingerprint density at radius 2 is 2.31 bits per heavy atom. The monoisotopic (exact) mass is 208 g/mol. The fourth-order valence-corrected chi connectivity index (χ4v) is 2.06. The van der Waals surface area contributed by atoms with E-state index in [0.717, 1.165) is 10.4 Å². The van der Waals surface area contributed by atoms with Crippen LogP contribution in [0, 0.1) is 6.07 Å². The Morgan fingerprint density at radius 1 is 1.46 bits per heavy atom. The van der Waals surface area contributed by atoms with Gasteiger partial charge in [0.05, 0.1) is 5.02 Å². The molecule has 0 amide bonds. The maximum absolute atomic E-state index is 5.81. The first-order valence-corrected chi connectivity index (χ1v) is 5.04. The molecule has 1 radical (unpaired) electrons. The van der Waals surface area contributed by atoms with Gasteiger partial charge in [0.1, 0.15) is 0 Å². The van der Waals surface area contributed by atoms with Crippen LogP contribution in [0.3, 0.4) is 0 Å². The van der Waals surface area contributed by atoms with Gasteiger partial charge < -0.3 is 5.73 Å². The lowest BCUT2D eigenvalue weighted by atomic mass is 10.1. The van der Waals surface area contributed by atoms with E-state index in [1.165, 1.54) is 0 Å². The summed E-state index contributed by atoms with van der Waals surface area (Å²) in [7, 11) is 0. The van der Waals surface area contributed by atoms with Crippen LogP contribution in [0.5, 0.6) is 0 Å². The molecule has 0 fully saturated rings. The van der Waals surface area contributed by atoms with Crippen molar-refractivity contribution in [3.8, 4) is 10.4 Å². The van der Waals surface area contributed by atoms with Crippen molar-refractivity contribution in [2.45, 2.75) is 0 Å². The predicted molar refractivity (Wildman–Crippen MR) is 58.0 cm³/mol. The Labute approximate surface area is 85.8 Å². The second-order valence-corrected chi connectivity index (χ2v) is 3.98. The van der Waals surface area contributed by atoms with Gasteiger partial charge in [-0.15, -0.1) is 11.3 Å². The van der Waals surface area contributed by atoms with Crippen LogP contribution >= 0.6 is 22.9 Å². The summed E-state index contributed by atoms with van der Waals surface area (Å²) in [6, 6.07) is 10.5. The number of rotatable bonds is 1. The molecule has 0 unspecified atom stereocenters. The third-order valence-electron chi connectivity index (χ3n) is 1.73. The first-order chi connectivity index (χ1) is 6.27. The molecule has 2 rings (SSSR count). The quantitative estimate of drug-likeness (QED) is 0.714. The Hall–Kier alpha value is -0.990. The first-order valence-electron chi connectivity index (χ1n) is 3.78. The SMILES string of the molecule is Nc1cc(Cl)[c]cc1-c1cccs1. The highest BCUT2D eigenvalue weighted by molar-refractivity contribution is 7.13. The van der Waals surface area contributed by atoms with Crippen LogP contribution in [-0.4, -0.2) is 0 Å². The van der Waals surface area contributed by atoms with Gasteiger partial charge in [0.15, 0.2) is 0 Å². The Morgan fingerprint density at radius 3 is 2.92 bits per heavy atom. The van der Waals surface area contributed by atoms with E-state index in [4.69, 9.17) is 17.3 Å². The molecule has 1 nitrogen and oxygen atoms in total. The standard InChI is InChI=1S/C10H7ClNS/c11-7-3-4-8(9(12)6-7)10-2-1-5-13-10/h1-2,4-6H,12H2. The first kappa shape index (κ1) is 8.60. The molecule has 0 aliphatic rings. The number of nitrogen functional groups attached to an aromatic ring is 1. The summed E-state index contributed by atoms with van der Waals surface area (Å²) < 4.78 is 0. The minimum atomic E-state index is 0.554. The summed E-state index contributed by atoms with van der Waals surface area (Å²) in [5.74, 6) is 0. The van der Waals surface area contributed by atoms with Crippen LogP contribution in [0.15, 0.2) is 29.6 Å². The van der Waals surface area contributed by atoms with Crippen molar-refractivity contribution in [1.82, 2.24) is 0 Å². The molecule has 1 aromatic carbocycles. The molecular weight excluding hydrogens is 202 g/mol. The van der Waals surface area contributed by atoms with Gasteiger partial charge in [-0.1, -0.05) is 17.7 Å². The molecule has 65 valence electrons. The van der Waals surface area contributed by atoms with Crippen LogP contribution in [-0.2, 0) is 0 Å². The second-order valence-electron chi connectivity index (χ2n) is 2.63. The number of thiophene rings is 1. The number of benzene rings is 1. The van der Waals surface area contributed by atoms with Crippen molar-refractivity contribution < 1.29 is 0 Å². The lowest BCUT2D eigenvalue weighted by molar-refractivity contribution is 1.66. The van der Waals surface area contributed by atoms with E-state index in [9.17, 15) is 0 Å². The Bertz CT molecular complexity index is 409. The molecule has 0 aliphatic heterocycles. The lowest BCUT2D eigenvalue weighted by Crippen LogP contribution is -1.87. The lowest BCUT2D eigenvalue weighted by Gasteiger charge is -2.02. The normalized spacial score (nSPS) is 10.2. The van der Waals surface area contributed by atoms with Crippen molar-refractivity contribution in [2.24, 2.45) is 0 Å². The molecule has 0 spiro atoms. The molecule has 13 heavy (non-hydrogen) atoms. The van der Waals surface area contributed by atoms with Crippen LogP contribution in [0.2, 0.25) is 5.02 Å². The van der Waals surface area contributed by atoms with Crippen LogP contribution in [0.1, 0.15) is 0 Å². The average Bonchev–Trinajstić information content (AvgIpc) is 2.56. The van der Waals surface area contributed by atoms with Crippen LogP contribution < -0.4 is 5.73 Å². The van der Waals surface area contributed by atoms with E-state index in [-0.39, 0.29) is 0 Å². The number of hydrogen-bond donors (Lipinski definition) is 1. The van der Waals surface area contributed by atoms with Gasteiger partial charge >= 0.3 is 0 Å². The van der Waals surface area contributed by atoms with E-state index in [1.807, 2.05) is 23.6 Å². The zero-order valence-electron chi connectivity index (χ0n) is 6.75. The van der Waals surface area contributed by atoms with Gasteiger partial charge in [0.2, 0.25) is 0 Å². The molecule has 0 bridgehead atoms. The van der Waals surface area contributed by atoms with Gasteiger partial charge in [-0.2, -0.15) is 0 Å². The Balaban J connectivity index is 2.53. The molecular formula is C10H7ClNS. The maximum atomic E-state index is 5.81. The topological polar surface area (TPSA) is 26.0 Å². The van der Waals surface area contributed by atoms with Crippen LogP contribution in [0.4, 0.5) is 5.69 Å². The molecule has 0 saturated heterocycles. The van der Waals surface area contributed by atoms with E-state index in [1.54, 1.807) is 17.4 Å². The molecule has 3 heteroatoms. The molecule has 0 saturated carbocycles. The third kappa shape index (κ3) is 1.69. The number of nitrogens with two attached hydrogens (primary N) is 1. The number of halogens is 1. The summed E-state index contributed by atoms with van der Waals surface area (Å²) >= 11 is 7.40. The summed E-state index contributed by atoms with van der Waals surface area (Å²) in [6.45, 7) is 0. The molecule has 0 atom stereocenters. The molecule has 0 aliphatic carbocycles. The maximum Gasteiger partial charge on any atom is 0.0505 e. The summed E-state index contributed by atoms with van der Waals surface area (Å²) in [5.41, 5.74) is 7.51. The van der Waals surface area contributed by atoms with Gasteiger partial charge in [-0.25, -0.2) is 0 Å². The summed E-state index contributed by atoms with van der Waals surface area (Å²) in [5, 5.41) is 2.57. The van der Waals surface area contributed by atoms with Crippen LogP contribution in [0.25, 0.3) is 10.4 Å². The van der Waals surface area contributed by atoms with Gasteiger partial charge in [0.25, 0.3) is 0 Å². The third-order valence-corrected chi connectivity index (χ3v) is 2.86. The van der Waals surface area contributed by atoms with Gasteiger partial charge in [0, 0.05) is 22.2 Å². The fraction of sp³-hybridized carbons (Fsp3) is 0. The molecule has 1 aromatic heterocycles. The molecule has 1 heterocycles. The highest BCUT2D eigenvalue weighted by Gasteiger charge is 2.03. The zero-order valence-corrected chi connectivity index (χ0v) is 8.32.